The number of hydrogen-bond donors (Lipinski definition) is 1. The maximum absolute atomic E-state index is 12.6. The second kappa shape index (κ2) is 4.14. The van der Waals surface area contributed by atoms with Gasteiger partial charge in [-0.15, -0.1) is 0 Å². The minimum Gasteiger partial charge on any atom is -0.331 e. The number of hydrogen-bond acceptors (Lipinski definition) is 3. The van der Waals surface area contributed by atoms with Crippen LogP contribution < -0.4 is 5.32 Å². The van der Waals surface area contributed by atoms with E-state index in [9.17, 15) is 4.39 Å². The van der Waals surface area contributed by atoms with Crippen LogP contribution in [0.1, 0.15) is 0 Å². The van der Waals surface area contributed by atoms with E-state index in [4.69, 9.17) is 12.2 Å². The lowest BCUT2D eigenvalue weighted by Crippen LogP contribution is -2.19. The Kier molecular flexibility index (Phi) is 2.68. The maximum Gasteiger partial charge on any atom is 0.199 e. The molecule has 0 aliphatic carbocycles. The van der Waals surface area contributed by atoms with Crippen molar-refractivity contribution in [2.75, 3.05) is 5.32 Å². The van der Waals surface area contributed by atoms with E-state index in [0.29, 0.717) is 10.8 Å². The fourth-order valence-corrected chi connectivity index (χ4v) is 1.24. The van der Waals surface area contributed by atoms with Gasteiger partial charge in [0.2, 0.25) is 0 Å². The third-order valence-electron chi connectivity index (χ3n) is 1.72. The lowest BCUT2D eigenvalue weighted by molar-refractivity contribution is 0.628. The van der Waals surface area contributed by atoms with E-state index >= 15 is 0 Å². The SMILES string of the molecule is Fc1ccc(NC(=S)n2cncn2)cc1. The summed E-state index contributed by atoms with van der Waals surface area (Å²) < 4.78 is 14.0. The molecule has 0 atom stereocenters. The van der Waals surface area contributed by atoms with Gasteiger partial charge in [0.05, 0.1) is 0 Å². The lowest BCUT2D eigenvalue weighted by Gasteiger charge is -2.06. The third kappa shape index (κ3) is 2.35. The Morgan fingerprint density at radius 1 is 1.33 bits per heavy atom. The zero-order valence-corrected chi connectivity index (χ0v) is 8.41. The van der Waals surface area contributed by atoms with Crippen LogP contribution in [0.3, 0.4) is 0 Å². The Balaban J connectivity index is 2.09. The smallest absolute Gasteiger partial charge is 0.199 e. The van der Waals surface area contributed by atoms with Crippen LogP contribution in [0.5, 0.6) is 0 Å². The van der Waals surface area contributed by atoms with Crippen molar-refractivity contribution in [3.63, 3.8) is 0 Å². The fourth-order valence-electron chi connectivity index (χ4n) is 1.03. The molecule has 4 nitrogen and oxygen atoms in total. The van der Waals surface area contributed by atoms with E-state index in [0.717, 1.165) is 0 Å². The standard InChI is InChI=1S/C9H7FN4S/c10-7-1-3-8(4-2-7)13-9(15)14-6-11-5-12-14/h1-6H,(H,13,15). The van der Waals surface area contributed by atoms with Gasteiger partial charge in [-0.1, -0.05) is 0 Å². The molecule has 2 rings (SSSR count). The second-order valence-corrected chi connectivity index (χ2v) is 3.16. The van der Waals surface area contributed by atoms with Gasteiger partial charge >= 0.3 is 0 Å². The zero-order valence-electron chi connectivity index (χ0n) is 7.59. The summed E-state index contributed by atoms with van der Waals surface area (Å²) in [5.41, 5.74) is 0.705. The number of nitrogens with one attached hydrogen (secondary N) is 1. The molecule has 0 amide bonds. The third-order valence-corrected chi connectivity index (χ3v) is 2.01. The molecule has 1 aromatic carbocycles. The molecule has 0 aliphatic heterocycles. The molecular formula is C9H7FN4S. The Bertz CT molecular complexity index is 451. The monoisotopic (exact) mass is 222 g/mol. The van der Waals surface area contributed by atoms with E-state index in [2.05, 4.69) is 15.4 Å². The highest BCUT2D eigenvalue weighted by Crippen LogP contribution is 2.08. The average Bonchev–Trinajstić information content (AvgIpc) is 2.74. The van der Waals surface area contributed by atoms with Crippen LogP contribution in [0, 0.1) is 5.82 Å². The molecule has 0 aliphatic rings. The molecule has 1 heterocycles. The molecule has 0 saturated heterocycles. The predicted molar refractivity (Wildman–Crippen MR) is 58.0 cm³/mol. The van der Waals surface area contributed by atoms with Crippen molar-refractivity contribution in [3.05, 3.63) is 42.7 Å². The van der Waals surface area contributed by atoms with E-state index in [1.807, 2.05) is 0 Å². The number of benzene rings is 1. The fraction of sp³-hybridized carbons (Fsp3) is 0. The molecule has 0 unspecified atom stereocenters. The minimum absolute atomic E-state index is 0.285. The van der Waals surface area contributed by atoms with Crippen LogP contribution in [0.2, 0.25) is 0 Å². The maximum atomic E-state index is 12.6. The first-order valence-electron chi connectivity index (χ1n) is 4.17. The Morgan fingerprint density at radius 2 is 2.07 bits per heavy atom. The highest BCUT2D eigenvalue weighted by molar-refractivity contribution is 7.80. The summed E-state index contributed by atoms with van der Waals surface area (Å²) >= 11 is 5.04. The van der Waals surface area contributed by atoms with Crippen LogP contribution >= 0.6 is 12.2 Å². The minimum atomic E-state index is -0.285. The molecule has 15 heavy (non-hydrogen) atoms. The summed E-state index contributed by atoms with van der Waals surface area (Å²) in [6.07, 6.45) is 2.87. The first-order chi connectivity index (χ1) is 7.25. The summed E-state index contributed by atoms with van der Waals surface area (Å²) in [6.45, 7) is 0. The van der Waals surface area contributed by atoms with Crippen molar-refractivity contribution in [1.82, 2.24) is 14.8 Å². The first kappa shape index (κ1) is 9.72. The largest absolute Gasteiger partial charge is 0.331 e. The first-order valence-corrected chi connectivity index (χ1v) is 4.58. The van der Waals surface area contributed by atoms with Gasteiger partial charge in [-0.25, -0.2) is 9.37 Å². The van der Waals surface area contributed by atoms with Gasteiger partial charge in [0.1, 0.15) is 18.5 Å². The van der Waals surface area contributed by atoms with Crippen molar-refractivity contribution in [1.29, 1.82) is 0 Å². The van der Waals surface area contributed by atoms with Gasteiger partial charge in [0.15, 0.2) is 5.11 Å². The molecule has 0 saturated carbocycles. The van der Waals surface area contributed by atoms with Crippen LogP contribution in [0.4, 0.5) is 10.1 Å². The highest BCUT2D eigenvalue weighted by Gasteiger charge is 2.00. The number of halogens is 1. The van der Waals surface area contributed by atoms with Gasteiger partial charge in [0, 0.05) is 5.69 Å². The van der Waals surface area contributed by atoms with Crippen LogP contribution in [-0.4, -0.2) is 19.9 Å². The zero-order chi connectivity index (χ0) is 10.7. The summed E-state index contributed by atoms with van der Waals surface area (Å²) in [4.78, 5) is 3.76. The van der Waals surface area contributed by atoms with Crippen molar-refractivity contribution < 1.29 is 4.39 Å². The number of thiocarbonyl (C=S) groups is 1. The lowest BCUT2D eigenvalue weighted by atomic mass is 10.3. The number of anilines is 1. The number of rotatable bonds is 1. The normalized spacial score (nSPS) is 9.93. The highest BCUT2D eigenvalue weighted by atomic mass is 32.1. The number of aromatic nitrogens is 3. The van der Waals surface area contributed by atoms with Crippen molar-refractivity contribution in [2.24, 2.45) is 0 Å². The van der Waals surface area contributed by atoms with Gasteiger partial charge < -0.3 is 5.32 Å². The van der Waals surface area contributed by atoms with Gasteiger partial charge in [-0.3, -0.25) is 0 Å². The van der Waals surface area contributed by atoms with Crippen LogP contribution in [0.25, 0.3) is 0 Å². The molecule has 2 aromatic rings. The predicted octanol–water partition coefficient (Wildman–Crippen LogP) is 1.66. The van der Waals surface area contributed by atoms with Gasteiger partial charge in [0.25, 0.3) is 0 Å². The summed E-state index contributed by atoms with van der Waals surface area (Å²) in [5, 5.41) is 7.14. The van der Waals surface area contributed by atoms with Crippen molar-refractivity contribution in [3.8, 4) is 0 Å². The van der Waals surface area contributed by atoms with E-state index in [1.165, 1.54) is 29.5 Å². The Morgan fingerprint density at radius 3 is 2.67 bits per heavy atom. The average molecular weight is 222 g/mol. The van der Waals surface area contributed by atoms with Crippen molar-refractivity contribution in [2.45, 2.75) is 0 Å². The molecule has 0 spiro atoms. The molecule has 1 aromatic heterocycles. The summed E-state index contributed by atoms with van der Waals surface area (Å²) in [5.74, 6) is -0.285. The molecule has 0 radical (unpaired) electrons. The van der Waals surface area contributed by atoms with Gasteiger partial charge in [-0.2, -0.15) is 9.78 Å². The Hall–Kier alpha value is -1.82. The molecule has 76 valence electrons. The molecule has 0 bridgehead atoms. The molecule has 6 heteroatoms. The molecule has 0 fully saturated rings. The topological polar surface area (TPSA) is 42.7 Å². The Labute approximate surface area is 90.8 Å². The molecular weight excluding hydrogens is 215 g/mol. The van der Waals surface area contributed by atoms with E-state index in [1.54, 1.807) is 12.1 Å². The van der Waals surface area contributed by atoms with Gasteiger partial charge in [-0.05, 0) is 36.5 Å². The second-order valence-electron chi connectivity index (χ2n) is 2.78. The van der Waals surface area contributed by atoms with E-state index < -0.39 is 0 Å². The van der Waals surface area contributed by atoms with Crippen LogP contribution in [0.15, 0.2) is 36.9 Å². The quantitative estimate of drug-likeness (QED) is 0.745. The van der Waals surface area contributed by atoms with Crippen LogP contribution in [-0.2, 0) is 0 Å². The van der Waals surface area contributed by atoms with E-state index in [-0.39, 0.29) is 5.82 Å². The van der Waals surface area contributed by atoms with Crippen molar-refractivity contribution >= 4 is 23.0 Å². The number of nitrogens with zero attached hydrogens (tertiary/aromatic N) is 3. The summed E-state index contributed by atoms with van der Waals surface area (Å²) in [6, 6.07) is 5.90. The molecule has 1 N–H and O–H groups in total. The summed E-state index contributed by atoms with van der Waals surface area (Å²) in [7, 11) is 0.